The molecule has 3 heteroatoms. The second kappa shape index (κ2) is 9.82. The molecule has 0 N–H and O–H groups in total. The Morgan fingerprint density at radius 1 is 0.477 bits per heavy atom. The summed E-state index contributed by atoms with van der Waals surface area (Å²) in [5.74, 6) is 0.899. The van der Waals surface area contributed by atoms with Crippen LogP contribution in [-0.4, -0.2) is 9.55 Å². The largest absolute Gasteiger partial charge is 0.309 e. The highest BCUT2D eigenvalue weighted by atomic mass is 15.2. The summed E-state index contributed by atoms with van der Waals surface area (Å²) in [5, 5.41) is 2.36. The van der Waals surface area contributed by atoms with E-state index in [1.54, 1.807) is 0 Å². The molecule has 0 saturated heterocycles. The van der Waals surface area contributed by atoms with Gasteiger partial charge in [0.05, 0.1) is 28.1 Å². The van der Waals surface area contributed by atoms with Crippen molar-refractivity contribution in [3.05, 3.63) is 164 Å². The van der Waals surface area contributed by atoms with E-state index in [0.717, 1.165) is 39.3 Å². The average Bonchev–Trinajstić information content (AvgIpc) is 3.38. The lowest BCUT2D eigenvalue weighted by Gasteiger charge is -2.26. The van der Waals surface area contributed by atoms with E-state index < -0.39 is 0 Å². The zero-order chi connectivity index (χ0) is 29.0. The fourth-order valence-corrected chi connectivity index (χ4v) is 6.80. The fourth-order valence-electron chi connectivity index (χ4n) is 6.80. The molecule has 0 aliphatic carbocycles. The monoisotopic (exact) mass is 561 g/mol. The molecule has 0 unspecified atom stereocenters. The Labute approximate surface area is 255 Å². The molecule has 0 atom stereocenters. The zero-order valence-corrected chi connectivity index (χ0v) is 23.9. The van der Waals surface area contributed by atoms with Gasteiger partial charge in [0, 0.05) is 33.2 Å². The van der Waals surface area contributed by atoms with E-state index in [9.17, 15) is 0 Å². The van der Waals surface area contributed by atoms with Gasteiger partial charge in [-0.25, -0.2) is 4.98 Å². The summed E-state index contributed by atoms with van der Waals surface area (Å²) in [6.07, 6.45) is 0. The third-order valence-corrected chi connectivity index (χ3v) is 8.71. The number of aromatic nitrogens is 2. The van der Waals surface area contributed by atoms with Gasteiger partial charge in [-0.15, -0.1) is 0 Å². The zero-order valence-electron chi connectivity index (χ0n) is 23.9. The molecule has 6 aromatic carbocycles. The topological polar surface area (TPSA) is 21.1 Å². The Morgan fingerprint density at radius 3 is 2.05 bits per heavy atom. The van der Waals surface area contributed by atoms with E-state index in [2.05, 4.69) is 173 Å². The van der Waals surface area contributed by atoms with Gasteiger partial charge in [0.1, 0.15) is 5.82 Å². The van der Waals surface area contributed by atoms with Crippen LogP contribution in [0.1, 0.15) is 0 Å². The molecule has 0 radical (unpaired) electrons. The quantitative estimate of drug-likeness (QED) is 0.214. The number of fused-ring (bicyclic) bond motifs is 8. The number of benzene rings is 6. The minimum Gasteiger partial charge on any atom is -0.309 e. The van der Waals surface area contributed by atoms with Crippen LogP contribution in [0.5, 0.6) is 0 Å². The minimum atomic E-state index is 0.899. The maximum Gasteiger partial charge on any atom is 0.138 e. The number of hydrogen-bond acceptors (Lipinski definition) is 2. The van der Waals surface area contributed by atoms with Crippen LogP contribution in [0.15, 0.2) is 164 Å². The maximum absolute atomic E-state index is 5.19. The molecule has 3 nitrogen and oxygen atoms in total. The summed E-state index contributed by atoms with van der Waals surface area (Å²) in [7, 11) is 0. The lowest BCUT2D eigenvalue weighted by molar-refractivity contribution is 1.13. The molecule has 2 aromatic heterocycles. The Bertz CT molecular complexity index is 2350. The number of nitrogens with zero attached hydrogens (tertiary/aromatic N) is 3. The summed E-state index contributed by atoms with van der Waals surface area (Å²) < 4.78 is 2.45. The molecule has 44 heavy (non-hydrogen) atoms. The first kappa shape index (κ1) is 24.6. The van der Waals surface area contributed by atoms with Crippen LogP contribution in [0.3, 0.4) is 0 Å². The summed E-state index contributed by atoms with van der Waals surface area (Å²) in [6, 6.07) is 58.4. The van der Waals surface area contributed by atoms with Gasteiger partial charge >= 0.3 is 0 Å². The molecule has 0 saturated carbocycles. The van der Waals surface area contributed by atoms with Gasteiger partial charge in [-0.1, -0.05) is 115 Å². The predicted molar refractivity (Wildman–Crippen MR) is 183 cm³/mol. The van der Waals surface area contributed by atoms with E-state index in [4.69, 9.17) is 4.98 Å². The summed E-state index contributed by atoms with van der Waals surface area (Å²) in [6.45, 7) is 0. The molecular formula is C41H27N3. The lowest BCUT2D eigenvalue weighted by Crippen LogP contribution is -2.12. The second-order valence-corrected chi connectivity index (χ2v) is 11.2. The van der Waals surface area contributed by atoms with E-state index in [-0.39, 0.29) is 0 Å². The number of para-hydroxylation sites is 4. The Hall–Kier alpha value is -5.93. The van der Waals surface area contributed by atoms with E-state index in [1.165, 1.54) is 38.9 Å². The van der Waals surface area contributed by atoms with Gasteiger partial charge in [-0.05, 0) is 59.7 Å². The van der Waals surface area contributed by atoms with Gasteiger partial charge in [0.25, 0.3) is 0 Å². The van der Waals surface area contributed by atoms with Crippen molar-refractivity contribution in [1.82, 2.24) is 9.55 Å². The van der Waals surface area contributed by atoms with Crippen LogP contribution >= 0.6 is 0 Å². The molecule has 0 fully saturated rings. The van der Waals surface area contributed by atoms with E-state index >= 15 is 0 Å². The highest BCUT2D eigenvalue weighted by molar-refractivity contribution is 6.13. The Morgan fingerprint density at radius 2 is 1.16 bits per heavy atom. The fraction of sp³-hybridized carbons (Fsp3) is 0. The second-order valence-electron chi connectivity index (χ2n) is 11.2. The highest BCUT2D eigenvalue weighted by Crippen LogP contribution is 2.54. The van der Waals surface area contributed by atoms with E-state index in [0.29, 0.717) is 0 Å². The van der Waals surface area contributed by atoms with Crippen molar-refractivity contribution in [1.29, 1.82) is 0 Å². The van der Waals surface area contributed by atoms with Gasteiger partial charge in [-0.2, -0.15) is 0 Å². The predicted octanol–water partition coefficient (Wildman–Crippen LogP) is 11.0. The van der Waals surface area contributed by atoms with Crippen LogP contribution in [-0.2, 0) is 0 Å². The van der Waals surface area contributed by atoms with Crippen molar-refractivity contribution in [2.45, 2.75) is 0 Å². The molecule has 3 heterocycles. The summed E-state index contributed by atoms with van der Waals surface area (Å²) in [4.78, 5) is 7.52. The normalized spacial score (nSPS) is 12.0. The highest BCUT2D eigenvalue weighted by Gasteiger charge is 2.31. The van der Waals surface area contributed by atoms with Crippen molar-refractivity contribution in [3.8, 4) is 39.2 Å². The standard InChI is InChI=1S/C41H27N3/c1-2-13-28(14-3-1)30-16-12-17-31(27-30)43-36-22-9-5-18-32(36)40-33-19-6-10-23-37(33)44(38-24-11-7-20-34(38)41(40)43)39-26-25-29-15-4-8-21-35(29)42-39/h1-27H. The van der Waals surface area contributed by atoms with Crippen LogP contribution < -0.4 is 4.90 Å². The van der Waals surface area contributed by atoms with Crippen LogP contribution in [0, 0.1) is 0 Å². The number of pyridine rings is 1. The number of anilines is 3. The van der Waals surface area contributed by atoms with Crippen molar-refractivity contribution in [3.63, 3.8) is 0 Å². The summed E-state index contributed by atoms with van der Waals surface area (Å²) >= 11 is 0. The summed E-state index contributed by atoms with van der Waals surface area (Å²) in [5.41, 5.74) is 12.7. The number of rotatable bonds is 3. The van der Waals surface area contributed by atoms with Gasteiger partial charge < -0.3 is 4.57 Å². The Balaban J connectivity index is 1.38. The van der Waals surface area contributed by atoms with Crippen LogP contribution in [0.25, 0.3) is 61.0 Å². The molecule has 206 valence electrons. The van der Waals surface area contributed by atoms with Crippen LogP contribution in [0.2, 0.25) is 0 Å². The molecule has 0 spiro atoms. The van der Waals surface area contributed by atoms with E-state index in [1.807, 2.05) is 0 Å². The number of hydrogen-bond donors (Lipinski definition) is 0. The Kier molecular flexibility index (Phi) is 5.50. The van der Waals surface area contributed by atoms with Gasteiger partial charge in [0.15, 0.2) is 0 Å². The van der Waals surface area contributed by atoms with Crippen LogP contribution in [0.4, 0.5) is 17.2 Å². The first-order valence-corrected chi connectivity index (χ1v) is 15.0. The molecule has 0 bridgehead atoms. The molecular weight excluding hydrogens is 534 g/mol. The maximum atomic E-state index is 5.19. The lowest BCUT2D eigenvalue weighted by atomic mass is 9.98. The van der Waals surface area contributed by atoms with Crippen molar-refractivity contribution in [2.24, 2.45) is 0 Å². The van der Waals surface area contributed by atoms with Crippen molar-refractivity contribution >= 4 is 39.0 Å². The van der Waals surface area contributed by atoms with Gasteiger partial charge in [-0.3, -0.25) is 4.90 Å². The third kappa shape index (κ3) is 3.73. The average molecular weight is 562 g/mol. The van der Waals surface area contributed by atoms with Gasteiger partial charge in [0.2, 0.25) is 0 Å². The van der Waals surface area contributed by atoms with Crippen molar-refractivity contribution < 1.29 is 0 Å². The molecule has 1 aliphatic heterocycles. The molecule has 8 aromatic rings. The molecule has 9 rings (SSSR count). The minimum absolute atomic E-state index is 0.899. The first-order valence-electron chi connectivity index (χ1n) is 15.0. The first-order chi connectivity index (χ1) is 21.8. The smallest absolute Gasteiger partial charge is 0.138 e. The third-order valence-electron chi connectivity index (χ3n) is 8.71. The molecule has 1 aliphatic rings. The van der Waals surface area contributed by atoms with Crippen molar-refractivity contribution in [2.75, 3.05) is 4.90 Å². The SMILES string of the molecule is c1ccc(-c2cccc(-n3c4c(c5ccccc53)-c3ccccc3N(c3ccc5ccccc5n3)c3ccccc3-4)c2)cc1. The molecule has 0 amide bonds.